The standard InChI is InChI=1S/C17H20O2S/c1-5-14-8-9-16(20-14)15(18)10-19-17-12(3)7-6-11(2)13(17)4/h6-9H,5,10H2,1-4H3. The number of benzene rings is 1. The number of ketones is 1. The largest absolute Gasteiger partial charge is 0.485 e. The van der Waals surface area contributed by atoms with Gasteiger partial charge in [0.1, 0.15) is 5.75 Å². The fourth-order valence-corrected chi connectivity index (χ4v) is 2.95. The van der Waals surface area contributed by atoms with E-state index in [-0.39, 0.29) is 12.4 Å². The molecule has 0 fully saturated rings. The van der Waals surface area contributed by atoms with Crippen molar-refractivity contribution in [1.82, 2.24) is 0 Å². The summed E-state index contributed by atoms with van der Waals surface area (Å²) in [6, 6.07) is 8.01. The molecule has 0 spiro atoms. The Hall–Kier alpha value is -1.61. The molecule has 1 aromatic heterocycles. The normalized spacial score (nSPS) is 10.6. The van der Waals surface area contributed by atoms with Crippen molar-refractivity contribution in [2.45, 2.75) is 34.1 Å². The van der Waals surface area contributed by atoms with Crippen molar-refractivity contribution in [2.75, 3.05) is 6.61 Å². The van der Waals surface area contributed by atoms with E-state index in [4.69, 9.17) is 4.74 Å². The van der Waals surface area contributed by atoms with Gasteiger partial charge in [0, 0.05) is 4.88 Å². The van der Waals surface area contributed by atoms with Gasteiger partial charge < -0.3 is 4.74 Å². The average molecular weight is 288 g/mol. The van der Waals surface area contributed by atoms with E-state index >= 15 is 0 Å². The maximum atomic E-state index is 12.1. The van der Waals surface area contributed by atoms with Crippen LogP contribution in [0.1, 0.15) is 38.2 Å². The minimum absolute atomic E-state index is 0.0509. The maximum Gasteiger partial charge on any atom is 0.210 e. The number of rotatable bonds is 5. The summed E-state index contributed by atoms with van der Waals surface area (Å²) in [6.45, 7) is 8.29. The molecule has 2 aromatic rings. The second kappa shape index (κ2) is 6.23. The summed E-state index contributed by atoms with van der Waals surface area (Å²) in [5.74, 6) is 0.889. The van der Waals surface area contributed by atoms with Gasteiger partial charge in [-0.05, 0) is 56.0 Å². The molecule has 3 heteroatoms. The fourth-order valence-electron chi connectivity index (χ4n) is 2.07. The van der Waals surface area contributed by atoms with Crippen LogP contribution in [0.4, 0.5) is 0 Å². The number of hydrogen-bond donors (Lipinski definition) is 0. The minimum Gasteiger partial charge on any atom is -0.485 e. The van der Waals surface area contributed by atoms with Crippen molar-refractivity contribution in [3.05, 3.63) is 50.7 Å². The Morgan fingerprint density at radius 1 is 1.10 bits per heavy atom. The van der Waals surface area contributed by atoms with Gasteiger partial charge >= 0.3 is 0 Å². The highest BCUT2D eigenvalue weighted by Crippen LogP contribution is 2.26. The van der Waals surface area contributed by atoms with E-state index in [0.29, 0.717) is 0 Å². The highest BCUT2D eigenvalue weighted by Gasteiger charge is 2.12. The molecule has 106 valence electrons. The molecule has 0 radical (unpaired) electrons. The van der Waals surface area contributed by atoms with E-state index in [0.717, 1.165) is 28.2 Å². The van der Waals surface area contributed by atoms with Crippen LogP contribution in [0.25, 0.3) is 0 Å². The topological polar surface area (TPSA) is 26.3 Å². The van der Waals surface area contributed by atoms with Crippen molar-refractivity contribution in [3.63, 3.8) is 0 Å². The number of ether oxygens (including phenoxy) is 1. The van der Waals surface area contributed by atoms with Crippen LogP contribution in [0.15, 0.2) is 24.3 Å². The van der Waals surface area contributed by atoms with E-state index in [1.807, 2.05) is 32.0 Å². The zero-order chi connectivity index (χ0) is 14.7. The number of aryl methyl sites for hydroxylation is 3. The summed E-state index contributed by atoms with van der Waals surface area (Å²) < 4.78 is 5.76. The summed E-state index contributed by atoms with van der Waals surface area (Å²) >= 11 is 1.56. The van der Waals surface area contributed by atoms with Gasteiger partial charge in [0.05, 0.1) is 4.88 Å². The van der Waals surface area contributed by atoms with E-state index in [1.165, 1.54) is 10.4 Å². The Kier molecular flexibility index (Phi) is 4.61. The Morgan fingerprint density at radius 3 is 2.45 bits per heavy atom. The quantitative estimate of drug-likeness (QED) is 0.757. The second-order valence-corrected chi connectivity index (χ2v) is 6.15. The summed E-state index contributed by atoms with van der Waals surface area (Å²) in [4.78, 5) is 14.2. The summed E-state index contributed by atoms with van der Waals surface area (Å²) in [5.41, 5.74) is 3.36. The zero-order valence-corrected chi connectivity index (χ0v) is 13.3. The molecule has 0 saturated heterocycles. The van der Waals surface area contributed by atoms with Crippen LogP contribution in [0.2, 0.25) is 0 Å². The van der Waals surface area contributed by atoms with Crippen LogP contribution in [-0.2, 0) is 6.42 Å². The Labute approximate surface area is 124 Å². The summed E-state index contributed by atoms with van der Waals surface area (Å²) in [6.07, 6.45) is 0.967. The first-order chi connectivity index (χ1) is 9.52. The lowest BCUT2D eigenvalue weighted by molar-refractivity contribution is 0.0924. The van der Waals surface area contributed by atoms with Gasteiger partial charge in [0.15, 0.2) is 6.61 Å². The molecule has 20 heavy (non-hydrogen) atoms. The minimum atomic E-state index is 0.0509. The lowest BCUT2D eigenvalue weighted by atomic mass is 10.1. The molecular formula is C17H20O2S. The third-order valence-corrected chi connectivity index (χ3v) is 4.78. The van der Waals surface area contributed by atoms with Crippen LogP contribution in [0.5, 0.6) is 5.75 Å². The molecule has 0 atom stereocenters. The molecule has 0 unspecified atom stereocenters. The molecule has 1 heterocycles. The van der Waals surface area contributed by atoms with Gasteiger partial charge in [0.25, 0.3) is 0 Å². The van der Waals surface area contributed by atoms with E-state index < -0.39 is 0 Å². The molecular weight excluding hydrogens is 268 g/mol. The smallest absolute Gasteiger partial charge is 0.210 e. The van der Waals surface area contributed by atoms with E-state index in [1.54, 1.807) is 11.3 Å². The monoisotopic (exact) mass is 288 g/mol. The zero-order valence-electron chi connectivity index (χ0n) is 12.4. The molecule has 2 nitrogen and oxygen atoms in total. The molecule has 0 aliphatic rings. The van der Waals surface area contributed by atoms with Gasteiger partial charge in [0.2, 0.25) is 5.78 Å². The second-order valence-electron chi connectivity index (χ2n) is 4.98. The van der Waals surface area contributed by atoms with Crippen LogP contribution >= 0.6 is 11.3 Å². The van der Waals surface area contributed by atoms with Gasteiger partial charge in [-0.2, -0.15) is 0 Å². The Balaban J connectivity index is 2.09. The van der Waals surface area contributed by atoms with E-state index in [9.17, 15) is 4.79 Å². The number of hydrogen-bond acceptors (Lipinski definition) is 3. The third kappa shape index (κ3) is 3.10. The summed E-state index contributed by atoms with van der Waals surface area (Å²) in [5, 5.41) is 0. The number of thiophene rings is 1. The predicted octanol–water partition coefficient (Wildman–Crippen LogP) is 4.50. The predicted molar refractivity (Wildman–Crippen MR) is 84.2 cm³/mol. The van der Waals surface area contributed by atoms with Gasteiger partial charge in [-0.3, -0.25) is 4.79 Å². The van der Waals surface area contributed by atoms with Crippen LogP contribution in [0.3, 0.4) is 0 Å². The molecule has 0 aliphatic heterocycles. The van der Waals surface area contributed by atoms with Crippen molar-refractivity contribution in [1.29, 1.82) is 0 Å². The molecule has 0 N–H and O–H groups in total. The molecule has 0 aliphatic carbocycles. The van der Waals surface area contributed by atoms with Crippen LogP contribution in [0, 0.1) is 20.8 Å². The van der Waals surface area contributed by atoms with Gasteiger partial charge in [-0.25, -0.2) is 0 Å². The Bertz CT molecular complexity index is 626. The molecule has 2 rings (SSSR count). The number of carbonyl (C=O) groups excluding carboxylic acids is 1. The summed E-state index contributed by atoms with van der Waals surface area (Å²) in [7, 11) is 0. The van der Waals surface area contributed by atoms with Crippen molar-refractivity contribution in [2.24, 2.45) is 0 Å². The number of carbonyl (C=O) groups is 1. The van der Waals surface area contributed by atoms with Crippen LogP contribution in [-0.4, -0.2) is 12.4 Å². The van der Waals surface area contributed by atoms with Gasteiger partial charge in [-0.1, -0.05) is 19.1 Å². The first-order valence-corrected chi connectivity index (χ1v) is 7.66. The SMILES string of the molecule is CCc1ccc(C(=O)COc2c(C)ccc(C)c2C)s1. The Morgan fingerprint density at radius 2 is 1.80 bits per heavy atom. The average Bonchev–Trinajstić information content (AvgIpc) is 2.92. The number of Topliss-reactive ketones (excluding diaryl/α,β-unsaturated/α-hetero) is 1. The van der Waals surface area contributed by atoms with Crippen LogP contribution < -0.4 is 4.74 Å². The van der Waals surface area contributed by atoms with E-state index in [2.05, 4.69) is 19.9 Å². The molecule has 0 bridgehead atoms. The van der Waals surface area contributed by atoms with Crippen molar-refractivity contribution < 1.29 is 9.53 Å². The lowest BCUT2D eigenvalue weighted by Crippen LogP contribution is -2.11. The lowest BCUT2D eigenvalue weighted by Gasteiger charge is -2.13. The first-order valence-electron chi connectivity index (χ1n) is 6.84. The molecule has 1 aromatic carbocycles. The van der Waals surface area contributed by atoms with Crippen molar-refractivity contribution in [3.8, 4) is 5.75 Å². The van der Waals surface area contributed by atoms with Crippen molar-refractivity contribution >= 4 is 17.1 Å². The third-order valence-electron chi connectivity index (χ3n) is 3.51. The highest BCUT2D eigenvalue weighted by atomic mass is 32.1. The fraction of sp³-hybridized carbons (Fsp3) is 0.353. The van der Waals surface area contributed by atoms with Gasteiger partial charge in [-0.15, -0.1) is 11.3 Å². The maximum absolute atomic E-state index is 12.1. The molecule has 0 amide bonds. The first kappa shape index (κ1) is 14.8. The molecule has 0 saturated carbocycles. The highest BCUT2D eigenvalue weighted by molar-refractivity contribution is 7.14.